The van der Waals surface area contributed by atoms with Gasteiger partial charge < -0.3 is 5.32 Å². The first-order valence-electron chi connectivity index (χ1n) is 5.78. The molecule has 0 unspecified atom stereocenters. The molecule has 1 N–H and O–H groups in total. The highest BCUT2D eigenvalue weighted by Gasteiger charge is 2.09. The van der Waals surface area contributed by atoms with Crippen LogP contribution in [0.25, 0.3) is 0 Å². The van der Waals surface area contributed by atoms with E-state index in [-0.39, 0.29) is 0 Å². The summed E-state index contributed by atoms with van der Waals surface area (Å²) in [7, 11) is 0. The minimum Gasteiger partial charge on any atom is -0.344 e. The maximum atomic E-state index is 4.57. The molecule has 0 spiro atoms. The molecule has 2 nitrogen and oxygen atoms in total. The van der Waals surface area contributed by atoms with Gasteiger partial charge in [0.1, 0.15) is 5.84 Å². The van der Waals surface area contributed by atoms with Gasteiger partial charge in [-0.1, -0.05) is 25.1 Å². The van der Waals surface area contributed by atoms with E-state index < -0.39 is 0 Å². The molecule has 0 saturated heterocycles. The lowest BCUT2D eigenvalue weighted by Crippen LogP contribution is -2.11. The van der Waals surface area contributed by atoms with Crippen molar-refractivity contribution in [3.05, 3.63) is 29.8 Å². The van der Waals surface area contributed by atoms with Gasteiger partial charge in [-0.25, -0.2) is 0 Å². The van der Waals surface area contributed by atoms with Crippen LogP contribution in [0.4, 0.5) is 5.69 Å². The molecule has 80 valence electrons. The maximum absolute atomic E-state index is 4.57. The molecule has 0 atom stereocenters. The Morgan fingerprint density at radius 1 is 1.27 bits per heavy atom. The second kappa shape index (κ2) is 4.96. The Bertz CT molecular complexity index is 355. The number of amidine groups is 1. The molecule has 0 bridgehead atoms. The molecule has 1 aromatic carbocycles. The van der Waals surface area contributed by atoms with Crippen molar-refractivity contribution in [3.8, 4) is 0 Å². The van der Waals surface area contributed by atoms with E-state index in [0.29, 0.717) is 0 Å². The van der Waals surface area contributed by atoms with Crippen molar-refractivity contribution < 1.29 is 0 Å². The van der Waals surface area contributed by atoms with Gasteiger partial charge in [0, 0.05) is 18.7 Å². The third kappa shape index (κ3) is 2.58. The second-order valence-electron chi connectivity index (χ2n) is 3.96. The quantitative estimate of drug-likeness (QED) is 0.782. The molecule has 0 saturated carbocycles. The molecule has 0 aromatic heterocycles. The second-order valence-corrected chi connectivity index (χ2v) is 3.96. The number of hydrogen-bond acceptors (Lipinski definition) is 1. The predicted molar refractivity (Wildman–Crippen MR) is 65.6 cm³/mol. The van der Waals surface area contributed by atoms with E-state index in [4.69, 9.17) is 0 Å². The predicted octanol–water partition coefficient (Wildman–Crippen LogP) is 3.24. The summed E-state index contributed by atoms with van der Waals surface area (Å²) in [5, 5.41) is 3.44. The van der Waals surface area contributed by atoms with Gasteiger partial charge >= 0.3 is 0 Å². The van der Waals surface area contributed by atoms with Crippen molar-refractivity contribution in [3.63, 3.8) is 0 Å². The minimum absolute atomic E-state index is 0.935. The summed E-state index contributed by atoms with van der Waals surface area (Å²) in [5.41, 5.74) is 2.66. The van der Waals surface area contributed by atoms with Gasteiger partial charge in [-0.05, 0) is 30.9 Å². The number of anilines is 1. The summed E-state index contributed by atoms with van der Waals surface area (Å²) in [5.74, 6) is 1.15. The SMILES string of the molecule is CCCN=C1CCCc2ccccc2N1. The lowest BCUT2D eigenvalue weighted by molar-refractivity contribution is 0.863. The van der Waals surface area contributed by atoms with Gasteiger partial charge in [-0.3, -0.25) is 4.99 Å². The average Bonchev–Trinajstić information content (AvgIpc) is 2.47. The van der Waals surface area contributed by atoms with Gasteiger partial charge in [0.15, 0.2) is 0 Å². The summed E-state index contributed by atoms with van der Waals surface area (Å²) < 4.78 is 0. The third-order valence-corrected chi connectivity index (χ3v) is 2.68. The molecule has 0 aliphatic carbocycles. The summed E-state index contributed by atoms with van der Waals surface area (Å²) in [6.45, 7) is 3.10. The van der Waals surface area contributed by atoms with E-state index in [9.17, 15) is 0 Å². The number of aryl methyl sites for hydroxylation is 1. The Balaban J connectivity index is 2.17. The number of hydrogen-bond donors (Lipinski definition) is 1. The Morgan fingerprint density at radius 3 is 3.00 bits per heavy atom. The van der Waals surface area contributed by atoms with Gasteiger partial charge in [0.2, 0.25) is 0 Å². The number of para-hydroxylation sites is 1. The Hall–Kier alpha value is -1.31. The maximum Gasteiger partial charge on any atom is 0.101 e. The molecule has 15 heavy (non-hydrogen) atoms. The topological polar surface area (TPSA) is 24.4 Å². The molecule has 1 aliphatic heterocycles. The Kier molecular flexibility index (Phi) is 3.38. The van der Waals surface area contributed by atoms with Crippen LogP contribution in [0.3, 0.4) is 0 Å². The van der Waals surface area contributed by atoms with Gasteiger partial charge in [-0.2, -0.15) is 0 Å². The number of fused-ring (bicyclic) bond motifs is 1. The molecular weight excluding hydrogens is 184 g/mol. The molecule has 0 radical (unpaired) electrons. The summed E-state index contributed by atoms with van der Waals surface area (Å²) in [6.07, 6.45) is 4.56. The highest BCUT2D eigenvalue weighted by Crippen LogP contribution is 2.21. The third-order valence-electron chi connectivity index (χ3n) is 2.68. The van der Waals surface area contributed by atoms with Crippen LogP contribution in [0.1, 0.15) is 31.7 Å². The fraction of sp³-hybridized carbons (Fsp3) is 0.462. The van der Waals surface area contributed by atoms with Crippen LogP contribution in [-0.2, 0) is 6.42 Å². The Labute approximate surface area is 91.4 Å². The van der Waals surface area contributed by atoms with Crippen LogP contribution in [0.15, 0.2) is 29.3 Å². The molecule has 1 aliphatic rings. The highest BCUT2D eigenvalue weighted by atomic mass is 15.0. The van der Waals surface area contributed by atoms with Gasteiger partial charge in [0.05, 0.1) is 0 Å². The van der Waals surface area contributed by atoms with Crippen molar-refractivity contribution in [2.45, 2.75) is 32.6 Å². The van der Waals surface area contributed by atoms with Crippen molar-refractivity contribution in [2.75, 3.05) is 11.9 Å². The van der Waals surface area contributed by atoms with Crippen molar-refractivity contribution >= 4 is 11.5 Å². The number of nitrogens with zero attached hydrogens (tertiary/aromatic N) is 1. The fourth-order valence-electron chi connectivity index (χ4n) is 1.89. The first-order valence-corrected chi connectivity index (χ1v) is 5.78. The average molecular weight is 202 g/mol. The van der Waals surface area contributed by atoms with Crippen LogP contribution in [0.5, 0.6) is 0 Å². The number of aliphatic imine (C=N–C) groups is 1. The molecule has 2 rings (SSSR count). The first-order chi connectivity index (χ1) is 7.40. The molecule has 0 fully saturated rings. The van der Waals surface area contributed by atoms with E-state index >= 15 is 0 Å². The monoisotopic (exact) mass is 202 g/mol. The number of rotatable bonds is 2. The fourth-order valence-corrected chi connectivity index (χ4v) is 1.89. The zero-order valence-electron chi connectivity index (χ0n) is 9.29. The zero-order chi connectivity index (χ0) is 10.5. The largest absolute Gasteiger partial charge is 0.344 e. The van der Waals surface area contributed by atoms with E-state index in [0.717, 1.165) is 31.6 Å². The standard InChI is InChI=1S/C13H18N2/c1-2-10-14-13-9-5-7-11-6-3-4-8-12(11)15-13/h3-4,6,8H,2,5,7,9-10H2,1H3,(H,14,15). The van der Waals surface area contributed by atoms with Crippen LogP contribution in [-0.4, -0.2) is 12.4 Å². The molecule has 0 amide bonds. The van der Waals surface area contributed by atoms with E-state index in [1.807, 2.05) is 0 Å². The van der Waals surface area contributed by atoms with Crippen molar-refractivity contribution in [2.24, 2.45) is 4.99 Å². The minimum atomic E-state index is 0.935. The molecular formula is C13H18N2. The lowest BCUT2D eigenvalue weighted by Gasteiger charge is -2.08. The van der Waals surface area contributed by atoms with Gasteiger partial charge in [0.25, 0.3) is 0 Å². The van der Waals surface area contributed by atoms with Crippen LogP contribution < -0.4 is 5.32 Å². The summed E-state index contributed by atoms with van der Waals surface area (Å²) in [6, 6.07) is 8.52. The molecule has 1 aromatic rings. The normalized spacial score (nSPS) is 18.1. The van der Waals surface area contributed by atoms with Crippen LogP contribution >= 0.6 is 0 Å². The summed E-state index contributed by atoms with van der Waals surface area (Å²) in [4.78, 5) is 4.57. The van der Waals surface area contributed by atoms with E-state index in [2.05, 4.69) is 41.5 Å². The molecule has 1 heterocycles. The van der Waals surface area contributed by atoms with Crippen molar-refractivity contribution in [1.29, 1.82) is 0 Å². The lowest BCUT2D eigenvalue weighted by atomic mass is 10.1. The van der Waals surface area contributed by atoms with Crippen LogP contribution in [0.2, 0.25) is 0 Å². The highest BCUT2D eigenvalue weighted by molar-refractivity contribution is 5.96. The smallest absolute Gasteiger partial charge is 0.101 e. The zero-order valence-corrected chi connectivity index (χ0v) is 9.29. The number of benzene rings is 1. The van der Waals surface area contributed by atoms with Crippen molar-refractivity contribution in [1.82, 2.24) is 0 Å². The van der Waals surface area contributed by atoms with E-state index in [1.165, 1.54) is 17.7 Å². The summed E-state index contributed by atoms with van der Waals surface area (Å²) >= 11 is 0. The van der Waals surface area contributed by atoms with Crippen LogP contribution in [0, 0.1) is 0 Å². The number of nitrogens with one attached hydrogen (secondary N) is 1. The van der Waals surface area contributed by atoms with E-state index in [1.54, 1.807) is 0 Å². The first kappa shape index (κ1) is 10.2. The van der Waals surface area contributed by atoms with Gasteiger partial charge in [-0.15, -0.1) is 0 Å². The molecule has 2 heteroatoms. The Morgan fingerprint density at radius 2 is 2.13 bits per heavy atom.